The van der Waals surface area contributed by atoms with Crippen LogP contribution >= 0.6 is 11.3 Å². The second-order valence-corrected chi connectivity index (χ2v) is 4.99. The van der Waals surface area contributed by atoms with Crippen LogP contribution in [0.5, 0.6) is 0 Å². The highest BCUT2D eigenvalue weighted by atomic mass is 32.1. The van der Waals surface area contributed by atoms with Gasteiger partial charge < -0.3 is 5.32 Å². The van der Waals surface area contributed by atoms with E-state index in [0.29, 0.717) is 10.6 Å². The first-order valence-electron chi connectivity index (χ1n) is 5.65. The molecule has 7 heteroatoms. The number of alkyl halides is 3. The minimum Gasteiger partial charge on any atom is -0.319 e. The summed E-state index contributed by atoms with van der Waals surface area (Å²) in [6.45, 7) is 0.793. The summed E-state index contributed by atoms with van der Waals surface area (Å²) in [5, 5.41) is 12.5. The van der Waals surface area contributed by atoms with Crippen LogP contribution in [0.2, 0.25) is 0 Å². The summed E-state index contributed by atoms with van der Waals surface area (Å²) in [6.07, 6.45) is -3.55. The summed E-state index contributed by atoms with van der Waals surface area (Å²) in [7, 11) is 1.85. The third-order valence-electron chi connectivity index (χ3n) is 2.51. The molecule has 1 N–H and O–H groups in total. The van der Waals surface area contributed by atoms with Gasteiger partial charge in [0.1, 0.15) is 10.0 Å². The first-order chi connectivity index (χ1) is 9.00. The topological polar surface area (TPSA) is 37.8 Å². The van der Waals surface area contributed by atoms with Gasteiger partial charge in [0.05, 0.1) is 5.56 Å². The minimum atomic E-state index is -4.31. The van der Waals surface area contributed by atoms with Gasteiger partial charge in [-0.1, -0.05) is 23.5 Å². The Labute approximate surface area is 112 Å². The van der Waals surface area contributed by atoms with E-state index >= 15 is 0 Å². The van der Waals surface area contributed by atoms with Gasteiger partial charge in [-0.3, -0.25) is 0 Å². The van der Waals surface area contributed by atoms with Crippen molar-refractivity contribution in [3.8, 4) is 10.6 Å². The predicted molar refractivity (Wildman–Crippen MR) is 68.0 cm³/mol. The monoisotopic (exact) mass is 287 g/mol. The molecule has 0 aliphatic carbocycles. The number of likely N-dealkylation sites (N-methyl/N-ethyl adjacent to an activating group) is 1. The average molecular weight is 287 g/mol. The van der Waals surface area contributed by atoms with Crippen LogP contribution in [0, 0.1) is 0 Å². The van der Waals surface area contributed by atoms with Crippen molar-refractivity contribution in [2.24, 2.45) is 0 Å². The Morgan fingerprint density at radius 1 is 1.16 bits per heavy atom. The van der Waals surface area contributed by atoms with E-state index in [1.165, 1.54) is 23.5 Å². The van der Waals surface area contributed by atoms with Crippen LogP contribution in [0.15, 0.2) is 24.3 Å². The van der Waals surface area contributed by atoms with Crippen molar-refractivity contribution in [3.63, 3.8) is 0 Å². The van der Waals surface area contributed by atoms with Crippen molar-refractivity contribution in [2.75, 3.05) is 13.6 Å². The van der Waals surface area contributed by atoms with Crippen LogP contribution in [-0.2, 0) is 12.6 Å². The summed E-state index contributed by atoms with van der Waals surface area (Å²) in [4.78, 5) is 0. The summed E-state index contributed by atoms with van der Waals surface area (Å²) in [5.74, 6) is 0. The molecule has 2 rings (SSSR count). The normalized spacial score (nSPS) is 11.8. The highest BCUT2D eigenvalue weighted by Gasteiger charge is 2.30. The van der Waals surface area contributed by atoms with Crippen molar-refractivity contribution in [2.45, 2.75) is 12.6 Å². The van der Waals surface area contributed by atoms with Crippen molar-refractivity contribution < 1.29 is 13.2 Å². The largest absolute Gasteiger partial charge is 0.416 e. The molecule has 0 amide bonds. The molecule has 1 aromatic carbocycles. The Kier molecular flexibility index (Phi) is 4.16. The van der Waals surface area contributed by atoms with Crippen LogP contribution < -0.4 is 5.32 Å². The fourth-order valence-corrected chi connectivity index (χ4v) is 2.35. The molecule has 3 nitrogen and oxygen atoms in total. The third-order valence-corrected chi connectivity index (χ3v) is 3.55. The molecule has 0 aliphatic heterocycles. The summed E-state index contributed by atoms with van der Waals surface area (Å²) >= 11 is 1.40. The van der Waals surface area contributed by atoms with E-state index in [9.17, 15) is 13.2 Å². The molecule has 1 heterocycles. The van der Waals surface area contributed by atoms with E-state index in [1.807, 2.05) is 7.05 Å². The summed E-state index contributed by atoms with van der Waals surface area (Å²) in [6, 6.07) is 4.96. The molecule has 2 aromatic rings. The summed E-state index contributed by atoms with van der Waals surface area (Å²) in [5.41, 5.74) is -0.00243. The quantitative estimate of drug-likeness (QED) is 0.939. The molecule has 0 atom stereocenters. The maximum Gasteiger partial charge on any atom is 0.416 e. The van der Waals surface area contributed by atoms with Crippen LogP contribution in [0.4, 0.5) is 13.2 Å². The Bertz CT molecular complexity index is 534. The maximum atomic E-state index is 12.4. The Morgan fingerprint density at radius 3 is 2.42 bits per heavy atom. The molecular weight excluding hydrogens is 275 g/mol. The van der Waals surface area contributed by atoms with Crippen LogP contribution in [0.3, 0.4) is 0 Å². The molecule has 1 aromatic heterocycles. The lowest BCUT2D eigenvalue weighted by Crippen LogP contribution is -2.09. The number of nitrogens with zero attached hydrogens (tertiary/aromatic N) is 2. The molecule has 0 fully saturated rings. The molecule has 102 valence electrons. The van der Waals surface area contributed by atoms with Crippen LogP contribution in [0.1, 0.15) is 10.6 Å². The smallest absolute Gasteiger partial charge is 0.319 e. The van der Waals surface area contributed by atoms with Gasteiger partial charge in [0.25, 0.3) is 0 Å². The molecule has 0 unspecified atom stereocenters. The van der Waals surface area contributed by atoms with Gasteiger partial charge >= 0.3 is 6.18 Å². The standard InChI is InChI=1S/C12H12F3N3S/c1-16-7-6-10-17-18-11(19-10)8-2-4-9(5-3-8)12(13,14)15/h2-5,16H,6-7H2,1H3. The lowest BCUT2D eigenvalue weighted by molar-refractivity contribution is -0.137. The van der Waals surface area contributed by atoms with Gasteiger partial charge in [0.15, 0.2) is 0 Å². The highest BCUT2D eigenvalue weighted by Crippen LogP contribution is 2.31. The van der Waals surface area contributed by atoms with Crippen molar-refractivity contribution in [1.29, 1.82) is 0 Å². The van der Waals surface area contributed by atoms with Crippen molar-refractivity contribution in [1.82, 2.24) is 15.5 Å². The Hall–Kier alpha value is -1.47. The van der Waals surface area contributed by atoms with E-state index < -0.39 is 11.7 Å². The minimum absolute atomic E-state index is 0.639. The van der Waals surface area contributed by atoms with Gasteiger partial charge in [0, 0.05) is 18.5 Å². The predicted octanol–water partition coefficient (Wildman–Crippen LogP) is 2.99. The lowest BCUT2D eigenvalue weighted by atomic mass is 10.1. The molecule has 0 bridgehead atoms. The zero-order chi connectivity index (χ0) is 13.9. The molecule has 19 heavy (non-hydrogen) atoms. The van der Waals surface area contributed by atoms with Gasteiger partial charge in [-0.05, 0) is 19.2 Å². The zero-order valence-corrected chi connectivity index (χ0v) is 11.0. The van der Waals surface area contributed by atoms with Gasteiger partial charge in [0.2, 0.25) is 0 Å². The van der Waals surface area contributed by atoms with E-state index in [4.69, 9.17) is 0 Å². The fourth-order valence-electron chi connectivity index (χ4n) is 1.51. The number of hydrogen-bond acceptors (Lipinski definition) is 4. The third kappa shape index (κ3) is 3.51. The first-order valence-corrected chi connectivity index (χ1v) is 6.47. The summed E-state index contributed by atoms with van der Waals surface area (Å²) < 4.78 is 37.3. The van der Waals surface area contributed by atoms with Gasteiger partial charge in [-0.25, -0.2) is 0 Å². The Morgan fingerprint density at radius 2 is 1.84 bits per heavy atom. The average Bonchev–Trinajstić information content (AvgIpc) is 2.84. The number of benzene rings is 1. The van der Waals surface area contributed by atoms with Crippen molar-refractivity contribution in [3.05, 3.63) is 34.8 Å². The molecular formula is C12H12F3N3S. The highest BCUT2D eigenvalue weighted by molar-refractivity contribution is 7.14. The van der Waals surface area contributed by atoms with Gasteiger partial charge in [-0.2, -0.15) is 13.2 Å². The van der Waals surface area contributed by atoms with E-state index in [2.05, 4.69) is 15.5 Å². The zero-order valence-electron chi connectivity index (χ0n) is 10.2. The number of nitrogens with one attached hydrogen (secondary N) is 1. The number of hydrogen-bond donors (Lipinski definition) is 1. The second kappa shape index (κ2) is 5.66. The lowest BCUT2D eigenvalue weighted by Gasteiger charge is -2.06. The van der Waals surface area contributed by atoms with E-state index in [0.717, 1.165) is 30.1 Å². The van der Waals surface area contributed by atoms with Crippen molar-refractivity contribution >= 4 is 11.3 Å². The molecule has 0 aliphatic rings. The second-order valence-electron chi connectivity index (χ2n) is 3.93. The molecule has 0 spiro atoms. The van der Waals surface area contributed by atoms with E-state index in [1.54, 1.807) is 0 Å². The molecule has 0 radical (unpaired) electrons. The van der Waals surface area contributed by atoms with E-state index in [-0.39, 0.29) is 0 Å². The number of rotatable bonds is 4. The first kappa shape index (κ1) is 14.0. The number of aromatic nitrogens is 2. The van der Waals surface area contributed by atoms with Gasteiger partial charge in [-0.15, -0.1) is 10.2 Å². The maximum absolute atomic E-state index is 12.4. The van der Waals surface area contributed by atoms with Crippen LogP contribution in [0.25, 0.3) is 10.6 Å². The van der Waals surface area contributed by atoms with Crippen LogP contribution in [-0.4, -0.2) is 23.8 Å². The number of halogens is 3. The Balaban J connectivity index is 2.16. The molecule has 0 saturated carbocycles. The SMILES string of the molecule is CNCCc1nnc(-c2ccc(C(F)(F)F)cc2)s1. The fraction of sp³-hybridized carbons (Fsp3) is 0.333. The molecule has 0 saturated heterocycles.